The Balaban J connectivity index is 1.60. The Hall–Kier alpha value is -2.53. The molecule has 8 nitrogen and oxygen atoms in total. The molecule has 2 aromatic rings. The monoisotopic (exact) mass is 494 g/mol. The maximum atomic E-state index is 12.3. The van der Waals surface area contributed by atoms with Crippen molar-refractivity contribution in [1.82, 2.24) is 15.0 Å². The molecule has 0 aliphatic carbocycles. The van der Waals surface area contributed by atoms with Gasteiger partial charge in [0, 0.05) is 12.5 Å². The van der Waals surface area contributed by atoms with Gasteiger partial charge in [0.25, 0.3) is 0 Å². The fourth-order valence-electron chi connectivity index (χ4n) is 2.68. The van der Waals surface area contributed by atoms with Crippen LogP contribution in [0.5, 0.6) is 0 Å². The molecular formula is C19H19IN4O4. The van der Waals surface area contributed by atoms with Crippen LogP contribution in [0, 0.1) is 0 Å². The van der Waals surface area contributed by atoms with Gasteiger partial charge in [-0.25, -0.2) is 14.8 Å². The number of nitrogens with one attached hydrogen (secondary N) is 1. The fraction of sp³-hybridized carbons (Fsp3) is 0.263. The van der Waals surface area contributed by atoms with Gasteiger partial charge in [-0.15, -0.1) is 0 Å². The van der Waals surface area contributed by atoms with E-state index in [0.717, 1.165) is 11.6 Å². The molecule has 2 N–H and O–H groups in total. The summed E-state index contributed by atoms with van der Waals surface area (Å²) in [6, 6.07) is 9.63. The number of hydrogen-bond donors (Lipinski definition) is 2. The highest BCUT2D eigenvalue weighted by Gasteiger charge is 2.35. The van der Waals surface area contributed by atoms with Crippen LogP contribution >= 0.6 is 22.6 Å². The maximum absolute atomic E-state index is 12.3. The highest BCUT2D eigenvalue weighted by atomic mass is 127. The van der Waals surface area contributed by atoms with Crippen LogP contribution in [-0.4, -0.2) is 42.1 Å². The van der Waals surface area contributed by atoms with Gasteiger partial charge in [-0.1, -0.05) is 52.9 Å². The van der Waals surface area contributed by atoms with Gasteiger partial charge >= 0.3 is 5.97 Å². The molecular weight excluding hydrogens is 475 g/mol. The molecule has 1 aliphatic rings. The molecule has 0 radical (unpaired) electrons. The molecule has 146 valence electrons. The van der Waals surface area contributed by atoms with Crippen molar-refractivity contribution in [3.8, 4) is 0 Å². The van der Waals surface area contributed by atoms with Gasteiger partial charge in [0.15, 0.2) is 0 Å². The van der Waals surface area contributed by atoms with Gasteiger partial charge < -0.3 is 10.4 Å². The molecule has 0 saturated carbocycles. The molecule has 28 heavy (non-hydrogen) atoms. The zero-order chi connectivity index (χ0) is 19.9. The van der Waals surface area contributed by atoms with Crippen molar-refractivity contribution in [3.63, 3.8) is 0 Å². The Morgan fingerprint density at radius 1 is 1.32 bits per heavy atom. The predicted octanol–water partition coefficient (Wildman–Crippen LogP) is 2.87. The largest absolute Gasteiger partial charge is 0.478 e. The van der Waals surface area contributed by atoms with Crippen LogP contribution in [0.3, 0.4) is 0 Å². The second kappa shape index (κ2) is 9.60. The van der Waals surface area contributed by atoms with Crippen molar-refractivity contribution < 1.29 is 19.5 Å². The SMILES string of the molecule is O=C(O)C=Cc1cnc(N[C@@H]2CCC(=O)N(OCc3ccccc3)C2I)cn1. The summed E-state index contributed by atoms with van der Waals surface area (Å²) in [5, 5.41) is 13.3. The van der Waals surface area contributed by atoms with Crippen LogP contribution in [0.25, 0.3) is 6.08 Å². The number of alkyl halides is 1. The third-order valence-electron chi connectivity index (χ3n) is 4.09. The molecule has 1 aromatic carbocycles. The lowest BCUT2D eigenvalue weighted by atomic mass is 10.1. The van der Waals surface area contributed by atoms with E-state index < -0.39 is 5.97 Å². The molecule has 1 aliphatic heterocycles. The average molecular weight is 494 g/mol. The Kier molecular flexibility index (Phi) is 6.93. The van der Waals surface area contributed by atoms with E-state index in [9.17, 15) is 9.59 Å². The highest BCUT2D eigenvalue weighted by molar-refractivity contribution is 14.1. The Bertz CT molecular complexity index is 845. The van der Waals surface area contributed by atoms with Gasteiger partial charge in [-0.05, 0) is 18.1 Å². The summed E-state index contributed by atoms with van der Waals surface area (Å²) in [5.74, 6) is -0.538. The van der Waals surface area contributed by atoms with E-state index in [1.54, 1.807) is 0 Å². The molecule has 1 saturated heterocycles. The Morgan fingerprint density at radius 2 is 2.11 bits per heavy atom. The number of carboxylic acid groups (broad SMARTS) is 1. The number of halogens is 1. The summed E-state index contributed by atoms with van der Waals surface area (Å²) in [4.78, 5) is 37.0. The van der Waals surface area contributed by atoms with Crippen molar-refractivity contribution in [1.29, 1.82) is 0 Å². The predicted molar refractivity (Wildman–Crippen MR) is 111 cm³/mol. The number of rotatable bonds is 7. The lowest BCUT2D eigenvalue weighted by Crippen LogP contribution is -2.50. The normalized spacial score (nSPS) is 19.8. The van der Waals surface area contributed by atoms with E-state index in [0.29, 0.717) is 31.0 Å². The first-order chi connectivity index (χ1) is 13.5. The number of nitrogens with zero attached hydrogens (tertiary/aromatic N) is 3. The van der Waals surface area contributed by atoms with Crippen LogP contribution in [0.2, 0.25) is 0 Å². The van der Waals surface area contributed by atoms with E-state index in [1.807, 2.05) is 30.3 Å². The van der Waals surface area contributed by atoms with Crippen LogP contribution in [0.1, 0.15) is 24.1 Å². The zero-order valence-electron chi connectivity index (χ0n) is 14.9. The number of aliphatic carboxylic acids is 1. The van der Waals surface area contributed by atoms with Gasteiger partial charge in [-0.2, -0.15) is 0 Å². The number of hydrogen-bond acceptors (Lipinski definition) is 6. The first kappa shape index (κ1) is 20.2. The quantitative estimate of drug-likeness (QED) is 0.264. The second-order valence-electron chi connectivity index (χ2n) is 6.14. The van der Waals surface area contributed by atoms with Gasteiger partial charge in [-0.3, -0.25) is 14.6 Å². The van der Waals surface area contributed by atoms with E-state index in [1.165, 1.54) is 23.5 Å². The average Bonchev–Trinajstić information content (AvgIpc) is 2.70. The highest BCUT2D eigenvalue weighted by Crippen LogP contribution is 2.27. The summed E-state index contributed by atoms with van der Waals surface area (Å²) in [5.41, 5.74) is 1.44. The number of carboxylic acids is 1. The smallest absolute Gasteiger partial charge is 0.328 e. The summed E-state index contributed by atoms with van der Waals surface area (Å²) in [6.07, 6.45) is 6.43. The topological polar surface area (TPSA) is 105 Å². The zero-order valence-corrected chi connectivity index (χ0v) is 17.0. The molecule has 1 aromatic heterocycles. The minimum absolute atomic E-state index is 0.0476. The number of amides is 1. The van der Waals surface area contributed by atoms with Crippen molar-refractivity contribution in [2.24, 2.45) is 0 Å². The van der Waals surface area contributed by atoms with Gasteiger partial charge in [0.2, 0.25) is 5.91 Å². The van der Waals surface area contributed by atoms with Crippen molar-refractivity contribution in [3.05, 3.63) is 60.1 Å². The van der Waals surface area contributed by atoms with Crippen LogP contribution in [-0.2, 0) is 21.0 Å². The third-order valence-corrected chi connectivity index (χ3v) is 5.46. The summed E-state index contributed by atoms with van der Waals surface area (Å²) in [7, 11) is 0. The minimum atomic E-state index is -1.04. The lowest BCUT2D eigenvalue weighted by Gasteiger charge is -2.37. The number of piperidine rings is 1. The van der Waals surface area contributed by atoms with E-state index in [4.69, 9.17) is 9.94 Å². The van der Waals surface area contributed by atoms with E-state index >= 15 is 0 Å². The number of aromatic nitrogens is 2. The number of hydroxylamine groups is 2. The van der Waals surface area contributed by atoms with Gasteiger partial charge in [0.1, 0.15) is 16.5 Å². The van der Waals surface area contributed by atoms with Gasteiger partial charge in [0.05, 0.1) is 24.1 Å². The summed E-state index contributed by atoms with van der Waals surface area (Å²) >= 11 is 2.19. The van der Waals surface area contributed by atoms with Crippen molar-refractivity contribution in [2.45, 2.75) is 29.5 Å². The van der Waals surface area contributed by atoms with Crippen LogP contribution in [0.4, 0.5) is 5.82 Å². The Labute approximate surface area is 175 Å². The molecule has 3 rings (SSSR count). The molecule has 1 amide bonds. The first-order valence-electron chi connectivity index (χ1n) is 8.65. The molecule has 2 heterocycles. The molecule has 1 fully saturated rings. The number of carbonyl (C=O) groups is 2. The van der Waals surface area contributed by atoms with Crippen LogP contribution < -0.4 is 5.32 Å². The molecule has 0 bridgehead atoms. The molecule has 2 atom stereocenters. The second-order valence-corrected chi connectivity index (χ2v) is 7.42. The lowest BCUT2D eigenvalue weighted by molar-refractivity contribution is -0.200. The molecule has 0 spiro atoms. The van der Waals surface area contributed by atoms with Crippen LogP contribution in [0.15, 0.2) is 48.8 Å². The maximum Gasteiger partial charge on any atom is 0.328 e. The van der Waals surface area contributed by atoms with E-state index in [2.05, 4.69) is 37.9 Å². The third kappa shape index (κ3) is 5.49. The minimum Gasteiger partial charge on any atom is -0.478 e. The molecule has 1 unspecified atom stereocenters. The summed E-state index contributed by atoms with van der Waals surface area (Å²) in [6.45, 7) is 0.323. The number of carbonyl (C=O) groups excluding carboxylic acids is 1. The fourth-order valence-corrected chi connectivity index (χ4v) is 3.69. The van der Waals surface area contributed by atoms with Crippen molar-refractivity contribution >= 4 is 46.4 Å². The molecule has 9 heteroatoms. The standard InChI is InChI=1S/C19H19IN4O4/c20-19-15(23-16-11-21-14(10-22-16)6-9-18(26)27)7-8-17(25)24(19)28-12-13-4-2-1-3-5-13/h1-6,9-11,15,19H,7-8,12H2,(H,22,23)(H,26,27)/t15-,19?/m1/s1. The number of benzene rings is 1. The summed E-state index contributed by atoms with van der Waals surface area (Å²) < 4.78 is -0.212. The number of anilines is 1. The Morgan fingerprint density at radius 3 is 2.79 bits per heavy atom. The van der Waals surface area contributed by atoms with E-state index in [-0.39, 0.29) is 16.0 Å². The first-order valence-corrected chi connectivity index (χ1v) is 9.90. The van der Waals surface area contributed by atoms with Crippen molar-refractivity contribution in [2.75, 3.05) is 5.32 Å².